The lowest BCUT2D eigenvalue weighted by molar-refractivity contribution is -0.118. The zero-order chi connectivity index (χ0) is 18.6. The highest BCUT2D eigenvalue weighted by atomic mass is 16.2. The van der Waals surface area contributed by atoms with E-state index in [1.807, 2.05) is 35.2 Å². The Morgan fingerprint density at radius 2 is 1.81 bits per heavy atom. The number of carbonyl (C=O) groups is 2. The summed E-state index contributed by atoms with van der Waals surface area (Å²) in [5.74, 6) is 0.363. The molecule has 2 aromatic heterocycles. The molecule has 1 aliphatic rings. The molecule has 1 aromatic carbocycles. The molecule has 0 saturated carbocycles. The highest BCUT2D eigenvalue weighted by Gasteiger charge is 2.18. The lowest BCUT2D eigenvalue weighted by Gasteiger charge is -2.32. The maximum absolute atomic E-state index is 12.5. The Balaban J connectivity index is 1.47. The second-order valence-electron chi connectivity index (χ2n) is 6.24. The van der Waals surface area contributed by atoms with Crippen LogP contribution < -0.4 is 10.2 Å². The molecule has 1 N–H and O–H groups in total. The van der Waals surface area contributed by atoms with E-state index in [1.165, 1.54) is 0 Å². The van der Waals surface area contributed by atoms with Gasteiger partial charge in [0.25, 0.3) is 5.91 Å². The first kappa shape index (κ1) is 16.9. The molecule has 3 aromatic rings. The fraction of sp³-hybridized carbons (Fsp3) is 0.211. The minimum absolute atomic E-state index is 0.234. The molecule has 4 rings (SSSR count). The molecule has 8 heteroatoms. The SMILES string of the molecule is O=CN1CCN(c2ccc(C(=O)Nc3cccc4cccnc34)nn2)CC1. The van der Waals surface area contributed by atoms with Crippen molar-refractivity contribution >= 4 is 34.7 Å². The molecule has 1 aliphatic heterocycles. The van der Waals surface area contributed by atoms with Gasteiger partial charge in [-0.2, -0.15) is 0 Å². The molecule has 8 nitrogen and oxygen atoms in total. The zero-order valence-electron chi connectivity index (χ0n) is 14.6. The zero-order valence-corrected chi connectivity index (χ0v) is 14.6. The van der Waals surface area contributed by atoms with Crippen molar-refractivity contribution in [1.29, 1.82) is 0 Å². The first-order valence-electron chi connectivity index (χ1n) is 8.68. The number of anilines is 2. The number of nitrogens with zero attached hydrogens (tertiary/aromatic N) is 5. The Labute approximate surface area is 155 Å². The van der Waals surface area contributed by atoms with Gasteiger partial charge in [-0.1, -0.05) is 18.2 Å². The molecular weight excluding hydrogens is 344 g/mol. The van der Waals surface area contributed by atoms with E-state index in [0.717, 1.165) is 17.3 Å². The summed E-state index contributed by atoms with van der Waals surface area (Å²) in [6, 6.07) is 12.8. The third-order valence-electron chi connectivity index (χ3n) is 4.55. The van der Waals surface area contributed by atoms with Crippen molar-refractivity contribution in [1.82, 2.24) is 20.1 Å². The van der Waals surface area contributed by atoms with Crippen LogP contribution in [0.4, 0.5) is 11.5 Å². The summed E-state index contributed by atoms with van der Waals surface area (Å²) >= 11 is 0. The number of pyridine rings is 1. The van der Waals surface area contributed by atoms with Crippen molar-refractivity contribution < 1.29 is 9.59 Å². The van der Waals surface area contributed by atoms with Crippen molar-refractivity contribution in [3.05, 3.63) is 54.4 Å². The van der Waals surface area contributed by atoms with Gasteiger partial charge < -0.3 is 15.1 Å². The van der Waals surface area contributed by atoms with E-state index in [2.05, 4.69) is 20.5 Å². The third-order valence-corrected chi connectivity index (χ3v) is 4.55. The number of hydrogen-bond donors (Lipinski definition) is 1. The summed E-state index contributed by atoms with van der Waals surface area (Å²) in [7, 11) is 0. The third kappa shape index (κ3) is 3.55. The van der Waals surface area contributed by atoms with E-state index in [4.69, 9.17) is 0 Å². The number of hydrogen-bond acceptors (Lipinski definition) is 6. The summed E-state index contributed by atoms with van der Waals surface area (Å²) in [5.41, 5.74) is 1.60. The van der Waals surface area contributed by atoms with Gasteiger partial charge in [0, 0.05) is 37.8 Å². The lowest BCUT2D eigenvalue weighted by Crippen LogP contribution is -2.46. The second-order valence-corrected chi connectivity index (χ2v) is 6.24. The Hall–Kier alpha value is -3.55. The summed E-state index contributed by atoms with van der Waals surface area (Å²) in [4.78, 5) is 31.4. The number of nitrogens with one attached hydrogen (secondary N) is 1. The van der Waals surface area contributed by atoms with Crippen LogP contribution in [0.1, 0.15) is 10.5 Å². The van der Waals surface area contributed by atoms with Gasteiger partial charge >= 0.3 is 0 Å². The van der Waals surface area contributed by atoms with Gasteiger partial charge in [-0.25, -0.2) is 0 Å². The van der Waals surface area contributed by atoms with E-state index in [-0.39, 0.29) is 11.6 Å². The van der Waals surface area contributed by atoms with Crippen LogP contribution in [-0.4, -0.2) is 58.6 Å². The van der Waals surface area contributed by atoms with Gasteiger partial charge in [0.05, 0.1) is 11.2 Å². The van der Waals surface area contributed by atoms with Gasteiger partial charge in [-0.05, 0) is 24.3 Å². The van der Waals surface area contributed by atoms with Crippen molar-refractivity contribution in [2.75, 3.05) is 36.4 Å². The molecule has 0 spiro atoms. The number of fused-ring (bicyclic) bond motifs is 1. The van der Waals surface area contributed by atoms with Crippen LogP contribution >= 0.6 is 0 Å². The average Bonchev–Trinajstić information content (AvgIpc) is 2.74. The van der Waals surface area contributed by atoms with E-state index in [9.17, 15) is 9.59 Å². The summed E-state index contributed by atoms with van der Waals surface area (Å²) in [5, 5.41) is 12.0. The van der Waals surface area contributed by atoms with Gasteiger partial charge in [-0.15, -0.1) is 10.2 Å². The molecule has 136 valence electrons. The quantitative estimate of drug-likeness (QED) is 0.708. The van der Waals surface area contributed by atoms with Crippen molar-refractivity contribution in [2.45, 2.75) is 0 Å². The van der Waals surface area contributed by atoms with Crippen LogP contribution in [0.2, 0.25) is 0 Å². The van der Waals surface area contributed by atoms with Gasteiger partial charge in [-0.3, -0.25) is 14.6 Å². The second kappa shape index (κ2) is 7.36. The number of aromatic nitrogens is 3. The standard InChI is InChI=1S/C19H18N6O2/c26-13-24-9-11-25(12-10-24)17-7-6-16(22-23-17)19(27)21-15-5-1-3-14-4-2-8-20-18(14)15/h1-8,13H,9-12H2,(H,21,27). The maximum atomic E-state index is 12.5. The molecule has 0 atom stereocenters. The lowest BCUT2D eigenvalue weighted by atomic mass is 10.2. The molecule has 0 bridgehead atoms. The largest absolute Gasteiger partial charge is 0.352 e. The average molecular weight is 362 g/mol. The predicted molar refractivity (Wildman–Crippen MR) is 102 cm³/mol. The monoisotopic (exact) mass is 362 g/mol. The Morgan fingerprint density at radius 3 is 2.56 bits per heavy atom. The maximum Gasteiger partial charge on any atom is 0.276 e. The molecule has 3 heterocycles. The van der Waals surface area contributed by atoms with Crippen molar-refractivity contribution in [3.8, 4) is 0 Å². The highest BCUT2D eigenvalue weighted by Crippen LogP contribution is 2.21. The van der Waals surface area contributed by atoms with E-state index >= 15 is 0 Å². The molecule has 1 saturated heterocycles. The number of rotatable bonds is 4. The van der Waals surface area contributed by atoms with Crippen LogP contribution in [-0.2, 0) is 4.79 Å². The number of piperazine rings is 1. The van der Waals surface area contributed by atoms with E-state index in [0.29, 0.717) is 37.7 Å². The molecule has 0 unspecified atom stereocenters. The predicted octanol–water partition coefficient (Wildman–Crippen LogP) is 1.56. The van der Waals surface area contributed by atoms with E-state index < -0.39 is 0 Å². The van der Waals surface area contributed by atoms with Crippen LogP contribution in [0.25, 0.3) is 10.9 Å². The molecular formula is C19H18N6O2. The number of amides is 2. The first-order valence-corrected chi connectivity index (χ1v) is 8.68. The number of carbonyl (C=O) groups excluding carboxylic acids is 2. The highest BCUT2D eigenvalue weighted by molar-refractivity contribution is 6.07. The van der Waals surface area contributed by atoms with Gasteiger partial charge in [0.2, 0.25) is 6.41 Å². The minimum Gasteiger partial charge on any atom is -0.352 e. The minimum atomic E-state index is -0.335. The Bertz CT molecular complexity index is 962. The van der Waals surface area contributed by atoms with Crippen LogP contribution in [0.3, 0.4) is 0 Å². The fourth-order valence-electron chi connectivity index (χ4n) is 3.06. The molecule has 0 aliphatic carbocycles. The Kier molecular flexibility index (Phi) is 4.61. The van der Waals surface area contributed by atoms with Gasteiger partial charge in [0.15, 0.2) is 11.5 Å². The van der Waals surface area contributed by atoms with E-state index in [1.54, 1.807) is 23.2 Å². The normalized spacial score (nSPS) is 14.2. The summed E-state index contributed by atoms with van der Waals surface area (Å²) < 4.78 is 0. The molecule has 0 radical (unpaired) electrons. The van der Waals surface area contributed by atoms with Crippen LogP contribution in [0.15, 0.2) is 48.7 Å². The first-order chi connectivity index (χ1) is 13.2. The fourth-order valence-corrected chi connectivity index (χ4v) is 3.06. The number of para-hydroxylation sites is 1. The molecule has 2 amide bonds. The topological polar surface area (TPSA) is 91.3 Å². The van der Waals surface area contributed by atoms with Crippen molar-refractivity contribution in [3.63, 3.8) is 0 Å². The Morgan fingerprint density at radius 1 is 1.00 bits per heavy atom. The number of benzene rings is 1. The molecule has 27 heavy (non-hydrogen) atoms. The van der Waals surface area contributed by atoms with Crippen LogP contribution in [0.5, 0.6) is 0 Å². The summed E-state index contributed by atoms with van der Waals surface area (Å²) in [6.07, 6.45) is 2.55. The van der Waals surface area contributed by atoms with Crippen molar-refractivity contribution in [2.24, 2.45) is 0 Å². The smallest absolute Gasteiger partial charge is 0.276 e. The van der Waals surface area contributed by atoms with Gasteiger partial charge in [0.1, 0.15) is 0 Å². The summed E-state index contributed by atoms with van der Waals surface area (Å²) in [6.45, 7) is 2.70. The van der Waals surface area contributed by atoms with Crippen LogP contribution in [0, 0.1) is 0 Å². The molecule has 1 fully saturated rings.